The van der Waals surface area contributed by atoms with E-state index >= 15 is 0 Å². The predicted octanol–water partition coefficient (Wildman–Crippen LogP) is 5.32. The van der Waals surface area contributed by atoms with Gasteiger partial charge in [-0.05, 0) is 43.9 Å². The first-order valence-corrected chi connectivity index (χ1v) is 13.1. The van der Waals surface area contributed by atoms with E-state index in [1.807, 2.05) is 6.92 Å². The summed E-state index contributed by atoms with van der Waals surface area (Å²) in [6.45, 7) is 3.68. The standard InChI is InChI=1S/C29H34F3N3O3/c1-4-5-16-28(2,38)22(17-18-10-11-18)26(36)34-25-27(37)35(3)23-9-7-6-8-21(23)24(33-25)19-12-14-20(15-13-19)29(30,31)32/h6-9,12-15,18,22,25,38H,4-5,10-11,16-17H2,1-3H3,(H,34,36). The zero-order chi connectivity index (χ0) is 27.7. The summed E-state index contributed by atoms with van der Waals surface area (Å²) in [5.41, 5.74) is -0.266. The molecule has 1 aliphatic carbocycles. The number of alkyl halides is 3. The number of rotatable bonds is 9. The first-order chi connectivity index (χ1) is 17.9. The van der Waals surface area contributed by atoms with E-state index in [1.165, 1.54) is 17.0 Å². The number of benzodiazepines with no additional fused rings is 1. The molecule has 3 atom stereocenters. The molecule has 9 heteroatoms. The molecule has 2 N–H and O–H groups in total. The molecule has 2 aromatic carbocycles. The number of hydrogen-bond acceptors (Lipinski definition) is 4. The van der Waals surface area contributed by atoms with Gasteiger partial charge in [-0.3, -0.25) is 9.59 Å². The van der Waals surface area contributed by atoms with E-state index in [0.29, 0.717) is 41.3 Å². The highest BCUT2D eigenvalue weighted by Crippen LogP contribution is 2.40. The lowest BCUT2D eigenvalue weighted by Gasteiger charge is -2.33. The highest BCUT2D eigenvalue weighted by atomic mass is 19.4. The van der Waals surface area contributed by atoms with Crippen LogP contribution < -0.4 is 10.2 Å². The van der Waals surface area contributed by atoms with E-state index in [1.54, 1.807) is 38.2 Å². The van der Waals surface area contributed by atoms with Gasteiger partial charge in [0.2, 0.25) is 12.1 Å². The van der Waals surface area contributed by atoms with Crippen LogP contribution in [0.25, 0.3) is 0 Å². The fourth-order valence-corrected chi connectivity index (χ4v) is 4.94. The van der Waals surface area contributed by atoms with Gasteiger partial charge in [-0.1, -0.05) is 62.9 Å². The SMILES string of the molecule is CCCCC(C)(O)C(CC1CC1)C(=O)NC1N=C(c2ccc(C(F)(F)F)cc2)c2ccccc2N(C)C1=O. The summed E-state index contributed by atoms with van der Waals surface area (Å²) in [5, 5.41) is 14.0. The average molecular weight is 530 g/mol. The summed E-state index contributed by atoms with van der Waals surface area (Å²) >= 11 is 0. The Kier molecular flexibility index (Phi) is 7.97. The number of anilines is 1. The van der Waals surface area contributed by atoms with Crippen LogP contribution in [0, 0.1) is 11.8 Å². The van der Waals surface area contributed by atoms with Crippen molar-refractivity contribution in [1.29, 1.82) is 0 Å². The van der Waals surface area contributed by atoms with Crippen molar-refractivity contribution in [3.8, 4) is 0 Å². The summed E-state index contributed by atoms with van der Waals surface area (Å²) in [6.07, 6.45) is -1.17. The van der Waals surface area contributed by atoms with Crippen molar-refractivity contribution in [2.75, 3.05) is 11.9 Å². The molecule has 1 fully saturated rings. The number of benzene rings is 2. The van der Waals surface area contributed by atoms with Crippen LogP contribution in [0.5, 0.6) is 0 Å². The lowest BCUT2D eigenvalue weighted by Crippen LogP contribution is -2.52. The van der Waals surface area contributed by atoms with Crippen molar-refractivity contribution in [2.45, 2.75) is 70.3 Å². The fraction of sp³-hybridized carbons (Fsp3) is 0.483. The second-order valence-corrected chi connectivity index (χ2v) is 10.6. The Morgan fingerprint density at radius 2 is 1.82 bits per heavy atom. The molecule has 204 valence electrons. The molecule has 38 heavy (non-hydrogen) atoms. The van der Waals surface area contributed by atoms with Crippen LogP contribution in [0.2, 0.25) is 0 Å². The van der Waals surface area contributed by atoms with Gasteiger partial charge in [-0.2, -0.15) is 13.2 Å². The largest absolute Gasteiger partial charge is 0.416 e. The third-order valence-electron chi connectivity index (χ3n) is 7.48. The van der Waals surface area contributed by atoms with Crippen LogP contribution in [-0.2, 0) is 15.8 Å². The van der Waals surface area contributed by atoms with Crippen LogP contribution in [-0.4, -0.2) is 41.4 Å². The van der Waals surface area contributed by atoms with Crippen LogP contribution in [0.4, 0.5) is 18.9 Å². The number of nitrogens with one attached hydrogen (secondary N) is 1. The number of aliphatic imine (C=N–C) groups is 1. The number of carbonyl (C=O) groups excluding carboxylic acids is 2. The van der Waals surface area contributed by atoms with Crippen molar-refractivity contribution in [3.63, 3.8) is 0 Å². The second kappa shape index (κ2) is 10.9. The maximum Gasteiger partial charge on any atom is 0.416 e. The quantitative estimate of drug-likeness (QED) is 0.461. The first kappa shape index (κ1) is 27.8. The van der Waals surface area contributed by atoms with Crippen molar-refractivity contribution in [2.24, 2.45) is 16.8 Å². The molecule has 2 amide bonds. The maximum absolute atomic E-state index is 13.6. The molecule has 1 saturated carbocycles. The third-order valence-corrected chi connectivity index (χ3v) is 7.48. The maximum atomic E-state index is 13.6. The Morgan fingerprint density at radius 3 is 2.42 bits per heavy atom. The second-order valence-electron chi connectivity index (χ2n) is 10.6. The van der Waals surface area contributed by atoms with Gasteiger partial charge in [0.1, 0.15) is 0 Å². The topological polar surface area (TPSA) is 82.0 Å². The van der Waals surface area contributed by atoms with E-state index < -0.39 is 41.2 Å². The average Bonchev–Trinajstić information content (AvgIpc) is 3.72. The van der Waals surface area contributed by atoms with Gasteiger partial charge in [-0.25, -0.2) is 4.99 Å². The van der Waals surface area contributed by atoms with Crippen LogP contribution in [0.15, 0.2) is 53.5 Å². The van der Waals surface area contributed by atoms with E-state index in [-0.39, 0.29) is 0 Å². The molecule has 0 aromatic heterocycles. The minimum atomic E-state index is -4.49. The van der Waals surface area contributed by atoms with E-state index in [2.05, 4.69) is 10.3 Å². The molecule has 6 nitrogen and oxygen atoms in total. The van der Waals surface area contributed by atoms with E-state index in [0.717, 1.165) is 37.8 Å². The van der Waals surface area contributed by atoms with Crippen LogP contribution in [0.1, 0.15) is 69.1 Å². The number of para-hydroxylation sites is 1. The number of halogens is 3. The molecular formula is C29H34F3N3O3. The van der Waals surface area contributed by atoms with Crippen molar-refractivity contribution < 1.29 is 27.9 Å². The number of fused-ring (bicyclic) bond motifs is 1. The number of hydrogen-bond donors (Lipinski definition) is 2. The molecule has 0 bridgehead atoms. The normalized spacial score (nSPS) is 20.2. The Labute approximate surface area is 220 Å². The number of aliphatic hydroxyl groups is 1. The van der Waals surface area contributed by atoms with Crippen molar-refractivity contribution in [3.05, 3.63) is 65.2 Å². The molecule has 2 aromatic rings. The van der Waals surface area contributed by atoms with Crippen LogP contribution in [0.3, 0.4) is 0 Å². The smallest absolute Gasteiger partial charge is 0.389 e. The van der Waals surface area contributed by atoms with Crippen LogP contribution >= 0.6 is 0 Å². The summed E-state index contributed by atoms with van der Waals surface area (Å²) in [4.78, 5) is 33.1. The molecule has 0 radical (unpaired) electrons. The van der Waals surface area contributed by atoms with Gasteiger partial charge in [0.15, 0.2) is 0 Å². The highest BCUT2D eigenvalue weighted by Gasteiger charge is 2.42. The first-order valence-electron chi connectivity index (χ1n) is 13.1. The monoisotopic (exact) mass is 529 g/mol. The minimum Gasteiger partial charge on any atom is -0.389 e. The Bertz CT molecular complexity index is 1200. The number of likely N-dealkylation sites (N-methyl/N-ethyl adjacent to an activating group) is 1. The van der Waals surface area contributed by atoms with E-state index in [9.17, 15) is 27.9 Å². The molecule has 1 aliphatic heterocycles. The van der Waals surface area contributed by atoms with Crippen molar-refractivity contribution >= 4 is 23.2 Å². The molecular weight excluding hydrogens is 495 g/mol. The number of nitrogens with zero attached hydrogens (tertiary/aromatic N) is 2. The third kappa shape index (κ3) is 6.09. The molecule has 2 aliphatic rings. The summed E-state index contributed by atoms with van der Waals surface area (Å²) in [6, 6.07) is 11.6. The lowest BCUT2D eigenvalue weighted by atomic mass is 9.80. The summed E-state index contributed by atoms with van der Waals surface area (Å²) in [5.74, 6) is -1.28. The predicted molar refractivity (Wildman–Crippen MR) is 140 cm³/mol. The Hall–Kier alpha value is -3.20. The zero-order valence-corrected chi connectivity index (χ0v) is 21.9. The molecule has 0 saturated heterocycles. The van der Waals surface area contributed by atoms with Gasteiger partial charge >= 0.3 is 6.18 Å². The van der Waals surface area contributed by atoms with Gasteiger partial charge in [0.05, 0.1) is 28.5 Å². The minimum absolute atomic E-state index is 0.300. The Morgan fingerprint density at radius 1 is 1.16 bits per heavy atom. The molecule has 4 rings (SSSR count). The van der Waals surface area contributed by atoms with E-state index in [4.69, 9.17) is 0 Å². The number of amides is 2. The zero-order valence-electron chi connectivity index (χ0n) is 21.9. The van der Waals surface area contributed by atoms with Gasteiger partial charge in [0.25, 0.3) is 5.91 Å². The summed E-state index contributed by atoms with van der Waals surface area (Å²) in [7, 11) is 1.57. The summed E-state index contributed by atoms with van der Waals surface area (Å²) < 4.78 is 39.5. The fourth-order valence-electron chi connectivity index (χ4n) is 4.94. The number of unbranched alkanes of at least 4 members (excludes halogenated alkanes) is 1. The van der Waals surface area contributed by atoms with Gasteiger partial charge in [0, 0.05) is 18.2 Å². The molecule has 0 spiro atoms. The van der Waals surface area contributed by atoms with Gasteiger partial charge < -0.3 is 15.3 Å². The lowest BCUT2D eigenvalue weighted by molar-refractivity contribution is -0.138. The van der Waals surface area contributed by atoms with Crippen molar-refractivity contribution in [1.82, 2.24) is 5.32 Å². The molecule has 1 heterocycles. The molecule has 3 unspecified atom stereocenters. The number of carbonyl (C=O) groups is 2. The Balaban J connectivity index is 1.71. The highest BCUT2D eigenvalue weighted by molar-refractivity contribution is 6.20. The van der Waals surface area contributed by atoms with Gasteiger partial charge in [-0.15, -0.1) is 0 Å².